The van der Waals surface area contributed by atoms with Crippen molar-refractivity contribution in [2.45, 2.75) is 12.5 Å². The van der Waals surface area contributed by atoms with Gasteiger partial charge in [0.2, 0.25) is 0 Å². The van der Waals surface area contributed by atoms with Crippen LogP contribution in [0.1, 0.15) is 16.4 Å². The summed E-state index contributed by atoms with van der Waals surface area (Å²) in [5, 5.41) is 12.7. The lowest BCUT2D eigenvalue weighted by Gasteiger charge is -2.13. The molecule has 0 fully saturated rings. The Kier molecular flexibility index (Phi) is 5.41. The molecule has 4 heteroatoms. The third-order valence-corrected chi connectivity index (χ3v) is 5.00. The van der Waals surface area contributed by atoms with Gasteiger partial charge in [-0.3, -0.25) is 4.79 Å². The van der Waals surface area contributed by atoms with Crippen LogP contribution in [0.5, 0.6) is 0 Å². The molecule has 0 bridgehead atoms. The summed E-state index contributed by atoms with van der Waals surface area (Å²) in [4.78, 5) is 13.9. The Bertz CT molecular complexity index is 784. The molecule has 3 aromatic rings. The van der Waals surface area contributed by atoms with E-state index in [1.807, 2.05) is 48.5 Å². The third-order valence-electron chi connectivity index (χ3n) is 3.87. The Morgan fingerprint density at radius 2 is 1.62 bits per heavy atom. The fourth-order valence-corrected chi connectivity index (χ4v) is 3.59. The molecule has 1 aromatic heterocycles. The van der Waals surface area contributed by atoms with Crippen molar-refractivity contribution in [1.29, 1.82) is 0 Å². The smallest absolute Gasteiger partial charge is 0.312 e. The second-order valence-corrected chi connectivity index (χ2v) is 6.73. The van der Waals surface area contributed by atoms with E-state index < -0.39 is 11.9 Å². The summed E-state index contributed by atoms with van der Waals surface area (Å²) in [6.07, 6.45) is 0. The maximum atomic E-state index is 11.5. The highest BCUT2D eigenvalue weighted by atomic mass is 32.1. The molecule has 122 valence electrons. The first kappa shape index (κ1) is 16.4. The summed E-state index contributed by atoms with van der Waals surface area (Å²) < 4.78 is 0. The Labute approximate surface area is 145 Å². The van der Waals surface area contributed by atoms with E-state index in [0.717, 1.165) is 5.56 Å². The van der Waals surface area contributed by atoms with Crippen LogP contribution in [0, 0.1) is 0 Å². The Hall–Kier alpha value is -2.43. The van der Waals surface area contributed by atoms with Gasteiger partial charge < -0.3 is 10.4 Å². The van der Waals surface area contributed by atoms with Crippen LogP contribution in [0.2, 0.25) is 0 Å². The molecule has 3 nitrogen and oxygen atoms in total. The second-order valence-electron chi connectivity index (χ2n) is 5.56. The summed E-state index contributed by atoms with van der Waals surface area (Å²) in [6.45, 7) is 1.09. The van der Waals surface area contributed by atoms with E-state index in [4.69, 9.17) is 0 Å². The first-order valence-electron chi connectivity index (χ1n) is 7.86. The first-order chi connectivity index (χ1) is 11.7. The normalized spacial score (nSPS) is 12.0. The summed E-state index contributed by atoms with van der Waals surface area (Å²) >= 11 is 1.73. The number of rotatable bonds is 7. The van der Waals surface area contributed by atoms with Crippen LogP contribution in [0.25, 0.3) is 10.4 Å². The molecular formula is C20H19NO2S. The zero-order valence-corrected chi connectivity index (χ0v) is 14.0. The largest absolute Gasteiger partial charge is 0.481 e. The maximum absolute atomic E-state index is 11.5. The number of carboxylic acids is 1. The molecule has 0 spiro atoms. The zero-order valence-electron chi connectivity index (χ0n) is 13.2. The number of thiophene rings is 1. The number of aliphatic carboxylic acids is 1. The highest BCUT2D eigenvalue weighted by molar-refractivity contribution is 7.15. The van der Waals surface area contributed by atoms with Crippen LogP contribution in [-0.4, -0.2) is 17.6 Å². The maximum Gasteiger partial charge on any atom is 0.312 e. The number of hydrogen-bond acceptors (Lipinski definition) is 3. The molecule has 2 aromatic carbocycles. The monoisotopic (exact) mass is 337 g/mol. The Morgan fingerprint density at radius 1 is 0.958 bits per heavy atom. The summed E-state index contributed by atoms with van der Waals surface area (Å²) in [7, 11) is 0. The van der Waals surface area contributed by atoms with E-state index in [2.05, 4.69) is 29.6 Å². The molecule has 0 saturated carbocycles. The molecule has 1 unspecified atom stereocenters. The van der Waals surface area contributed by atoms with Gasteiger partial charge in [0.05, 0.1) is 5.92 Å². The van der Waals surface area contributed by atoms with Gasteiger partial charge in [-0.15, -0.1) is 11.3 Å². The lowest BCUT2D eigenvalue weighted by atomic mass is 9.99. The lowest BCUT2D eigenvalue weighted by molar-refractivity contribution is -0.138. The quantitative estimate of drug-likeness (QED) is 0.673. The van der Waals surface area contributed by atoms with E-state index in [0.29, 0.717) is 13.1 Å². The SMILES string of the molecule is O=C(O)C(CNCc1ccc(-c2ccccc2)s1)c1ccccc1. The van der Waals surface area contributed by atoms with Gasteiger partial charge in [-0.1, -0.05) is 60.7 Å². The molecule has 0 radical (unpaired) electrons. The van der Waals surface area contributed by atoms with Gasteiger partial charge in [0.1, 0.15) is 0 Å². The van der Waals surface area contributed by atoms with Crippen molar-refractivity contribution in [3.8, 4) is 10.4 Å². The van der Waals surface area contributed by atoms with Crippen molar-refractivity contribution in [2.24, 2.45) is 0 Å². The third kappa shape index (κ3) is 4.10. The summed E-state index contributed by atoms with van der Waals surface area (Å²) in [5.74, 6) is -1.33. The van der Waals surface area contributed by atoms with Gasteiger partial charge in [-0.25, -0.2) is 0 Å². The number of hydrogen-bond donors (Lipinski definition) is 2. The number of carboxylic acid groups (broad SMARTS) is 1. The summed E-state index contributed by atoms with van der Waals surface area (Å²) in [5.41, 5.74) is 2.04. The minimum absolute atomic E-state index is 0.415. The van der Waals surface area contributed by atoms with Gasteiger partial charge in [0, 0.05) is 22.8 Å². The predicted octanol–water partition coefficient (Wildman–Crippen LogP) is 4.37. The lowest BCUT2D eigenvalue weighted by Crippen LogP contribution is -2.26. The van der Waals surface area contributed by atoms with E-state index in [1.54, 1.807) is 11.3 Å². The molecule has 0 saturated heterocycles. The van der Waals surface area contributed by atoms with Crippen molar-refractivity contribution < 1.29 is 9.90 Å². The minimum atomic E-state index is -0.801. The molecule has 1 atom stereocenters. The number of benzene rings is 2. The molecule has 24 heavy (non-hydrogen) atoms. The van der Waals surface area contributed by atoms with Gasteiger partial charge in [0.15, 0.2) is 0 Å². The van der Waals surface area contributed by atoms with Crippen molar-refractivity contribution in [1.82, 2.24) is 5.32 Å². The van der Waals surface area contributed by atoms with Crippen molar-refractivity contribution in [3.05, 3.63) is 83.2 Å². The van der Waals surface area contributed by atoms with E-state index >= 15 is 0 Å². The van der Waals surface area contributed by atoms with Crippen LogP contribution in [0.4, 0.5) is 0 Å². The van der Waals surface area contributed by atoms with E-state index in [1.165, 1.54) is 15.3 Å². The first-order valence-corrected chi connectivity index (χ1v) is 8.68. The van der Waals surface area contributed by atoms with Crippen molar-refractivity contribution in [3.63, 3.8) is 0 Å². The molecule has 0 amide bonds. The fraction of sp³-hybridized carbons (Fsp3) is 0.150. The van der Waals surface area contributed by atoms with E-state index in [-0.39, 0.29) is 0 Å². The fourth-order valence-electron chi connectivity index (χ4n) is 2.60. The number of carbonyl (C=O) groups is 1. The highest BCUT2D eigenvalue weighted by Crippen LogP contribution is 2.27. The topological polar surface area (TPSA) is 49.3 Å². The van der Waals surface area contributed by atoms with Crippen molar-refractivity contribution in [2.75, 3.05) is 6.54 Å². The molecule has 0 aliphatic rings. The molecule has 0 aliphatic heterocycles. The number of nitrogens with one attached hydrogen (secondary N) is 1. The molecular weight excluding hydrogens is 318 g/mol. The average Bonchev–Trinajstić information content (AvgIpc) is 3.09. The second kappa shape index (κ2) is 7.90. The molecule has 1 heterocycles. The van der Waals surface area contributed by atoms with Gasteiger partial charge in [-0.2, -0.15) is 0 Å². The Balaban J connectivity index is 1.60. The predicted molar refractivity (Wildman–Crippen MR) is 98.3 cm³/mol. The molecule has 3 rings (SSSR count). The highest BCUT2D eigenvalue weighted by Gasteiger charge is 2.18. The van der Waals surface area contributed by atoms with Crippen molar-refractivity contribution >= 4 is 17.3 Å². The van der Waals surface area contributed by atoms with Crippen LogP contribution in [-0.2, 0) is 11.3 Å². The summed E-state index contributed by atoms with van der Waals surface area (Å²) in [6, 6.07) is 23.8. The van der Waals surface area contributed by atoms with Crippen LogP contribution < -0.4 is 5.32 Å². The Morgan fingerprint density at radius 3 is 2.29 bits per heavy atom. The minimum Gasteiger partial charge on any atom is -0.481 e. The van der Waals surface area contributed by atoms with E-state index in [9.17, 15) is 9.90 Å². The molecule has 2 N–H and O–H groups in total. The zero-order chi connectivity index (χ0) is 16.8. The van der Waals surface area contributed by atoms with Crippen LogP contribution >= 0.6 is 11.3 Å². The van der Waals surface area contributed by atoms with Crippen LogP contribution in [0.3, 0.4) is 0 Å². The molecule has 0 aliphatic carbocycles. The van der Waals surface area contributed by atoms with Gasteiger partial charge in [0.25, 0.3) is 0 Å². The van der Waals surface area contributed by atoms with Crippen LogP contribution in [0.15, 0.2) is 72.8 Å². The van der Waals surface area contributed by atoms with Gasteiger partial charge >= 0.3 is 5.97 Å². The average molecular weight is 337 g/mol. The standard InChI is InChI=1S/C20H19NO2S/c22-20(23)18(15-7-3-1-4-8-15)14-21-13-17-11-12-19(24-17)16-9-5-2-6-10-16/h1-12,18,21H,13-14H2,(H,22,23). The van der Waals surface area contributed by atoms with Gasteiger partial charge in [-0.05, 0) is 23.3 Å².